The lowest BCUT2D eigenvalue weighted by molar-refractivity contribution is -0.170. The van der Waals surface area contributed by atoms with Crippen molar-refractivity contribution in [2.45, 2.75) is 37.9 Å². The molecule has 4 rings (SSSR count). The molecule has 0 N–H and O–H groups in total. The summed E-state index contributed by atoms with van der Waals surface area (Å²) >= 11 is 0. The quantitative estimate of drug-likeness (QED) is 0.794. The van der Waals surface area contributed by atoms with E-state index in [0.29, 0.717) is 5.06 Å². The van der Waals surface area contributed by atoms with Gasteiger partial charge in [-0.1, -0.05) is 17.2 Å². The molecule has 1 aromatic rings. The molecular weight excluding hydrogens is 286 g/mol. The molecule has 22 heavy (non-hydrogen) atoms. The number of nitrogens with zero attached hydrogens (tertiary/aromatic N) is 1. The van der Waals surface area contributed by atoms with Gasteiger partial charge >= 0.3 is 5.97 Å². The average Bonchev–Trinajstić information content (AvgIpc) is 3.19. The maximum absolute atomic E-state index is 12.1. The number of hydrogen-bond donors (Lipinski definition) is 0. The lowest BCUT2D eigenvalue weighted by atomic mass is 9.87. The van der Waals surface area contributed by atoms with Crippen molar-refractivity contribution in [2.75, 3.05) is 0 Å². The maximum Gasteiger partial charge on any atom is 0.333 e. The summed E-state index contributed by atoms with van der Waals surface area (Å²) in [6, 6.07) is 6.43. The molecule has 3 unspecified atom stereocenters. The van der Waals surface area contributed by atoms with Gasteiger partial charge in [0.2, 0.25) is 0 Å². The maximum atomic E-state index is 12.1. The summed E-state index contributed by atoms with van der Waals surface area (Å²) in [5, 5.41) is 0.571. The third-order valence-electron chi connectivity index (χ3n) is 4.61. The fraction of sp³-hybridized carbons (Fsp3) is 0.438. The van der Waals surface area contributed by atoms with Crippen LogP contribution in [0.5, 0.6) is 0 Å². The first-order chi connectivity index (χ1) is 10.6. The molecule has 6 heteroatoms. The number of fused-ring (bicyclic) bond motifs is 3. The van der Waals surface area contributed by atoms with E-state index in [-0.39, 0.29) is 35.7 Å². The van der Waals surface area contributed by atoms with Gasteiger partial charge in [0.15, 0.2) is 0 Å². The van der Waals surface area contributed by atoms with Crippen LogP contribution in [0.2, 0.25) is 0 Å². The topological polar surface area (TPSA) is 72.9 Å². The lowest BCUT2D eigenvalue weighted by Crippen LogP contribution is -2.34. The molecule has 0 aromatic heterocycles. The molecule has 0 spiro atoms. The third-order valence-corrected chi connectivity index (χ3v) is 4.61. The number of carbonyl (C=O) groups excluding carboxylic acids is 3. The highest BCUT2D eigenvalue weighted by Gasteiger charge is 2.43. The smallest absolute Gasteiger partial charge is 0.333 e. The van der Waals surface area contributed by atoms with Crippen LogP contribution in [0.15, 0.2) is 24.3 Å². The van der Waals surface area contributed by atoms with Gasteiger partial charge in [0.05, 0.1) is 29.8 Å². The minimum Gasteiger partial charge on any atom is -0.375 e. The van der Waals surface area contributed by atoms with Gasteiger partial charge < -0.3 is 9.57 Å². The number of rotatable bonds is 3. The van der Waals surface area contributed by atoms with Gasteiger partial charge in [0.25, 0.3) is 11.8 Å². The Morgan fingerprint density at radius 3 is 2.41 bits per heavy atom. The Balaban J connectivity index is 1.43. The molecular formula is C16H15NO5. The Morgan fingerprint density at radius 1 is 1.18 bits per heavy atom. The van der Waals surface area contributed by atoms with E-state index in [1.165, 1.54) is 0 Å². The van der Waals surface area contributed by atoms with Crippen LogP contribution in [0, 0.1) is 5.92 Å². The predicted octanol–water partition coefficient (Wildman–Crippen LogP) is 1.70. The van der Waals surface area contributed by atoms with Crippen molar-refractivity contribution in [3.63, 3.8) is 0 Å². The van der Waals surface area contributed by atoms with Crippen molar-refractivity contribution in [2.24, 2.45) is 5.92 Å². The summed E-state index contributed by atoms with van der Waals surface area (Å²) in [5.74, 6) is -1.60. The number of imide groups is 1. The van der Waals surface area contributed by atoms with E-state index in [1.54, 1.807) is 24.3 Å². The van der Waals surface area contributed by atoms with E-state index in [2.05, 4.69) is 0 Å². The highest BCUT2D eigenvalue weighted by Crippen LogP contribution is 2.40. The highest BCUT2D eigenvalue weighted by molar-refractivity contribution is 6.20. The van der Waals surface area contributed by atoms with Crippen molar-refractivity contribution < 1.29 is 24.0 Å². The first-order valence-electron chi connectivity index (χ1n) is 7.47. The second kappa shape index (κ2) is 4.91. The molecule has 3 atom stereocenters. The van der Waals surface area contributed by atoms with E-state index in [4.69, 9.17) is 9.57 Å². The fourth-order valence-corrected chi connectivity index (χ4v) is 3.56. The van der Waals surface area contributed by atoms with E-state index in [0.717, 1.165) is 19.3 Å². The molecule has 3 heterocycles. The molecule has 114 valence electrons. The highest BCUT2D eigenvalue weighted by atomic mass is 16.7. The SMILES string of the molecule is O=C(CC1CC2CCC1O2)ON1C(=O)c2ccccc2C1=O. The molecule has 2 bridgehead atoms. The molecule has 0 saturated carbocycles. The largest absolute Gasteiger partial charge is 0.375 e. The van der Waals surface area contributed by atoms with Crippen LogP contribution in [0.25, 0.3) is 0 Å². The number of carbonyl (C=O) groups is 3. The monoisotopic (exact) mass is 301 g/mol. The predicted molar refractivity (Wildman–Crippen MR) is 73.7 cm³/mol. The standard InChI is InChI=1S/C16H15NO5/c18-14(8-9-7-10-5-6-13(9)21-10)22-17-15(19)11-3-1-2-4-12(11)16(17)20/h1-4,9-10,13H,5-8H2. The van der Waals surface area contributed by atoms with Gasteiger partial charge in [-0.15, -0.1) is 0 Å². The number of ether oxygens (including phenoxy) is 1. The van der Waals surface area contributed by atoms with Gasteiger partial charge in [-0.05, 0) is 37.3 Å². The second-order valence-corrected chi connectivity index (χ2v) is 5.99. The van der Waals surface area contributed by atoms with Crippen molar-refractivity contribution >= 4 is 17.8 Å². The Kier molecular flexibility index (Phi) is 3.00. The van der Waals surface area contributed by atoms with Crippen LogP contribution >= 0.6 is 0 Å². The van der Waals surface area contributed by atoms with E-state index in [1.807, 2.05) is 0 Å². The summed E-state index contributed by atoms with van der Waals surface area (Å²) in [5.41, 5.74) is 0.534. The summed E-state index contributed by atoms with van der Waals surface area (Å²) in [4.78, 5) is 41.3. The second-order valence-electron chi connectivity index (χ2n) is 5.99. The van der Waals surface area contributed by atoms with Gasteiger partial charge in [-0.25, -0.2) is 4.79 Å². The van der Waals surface area contributed by atoms with Gasteiger partial charge in [0, 0.05) is 0 Å². The Morgan fingerprint density at radius 2 is 1.86 bits per heavy atom. The van der Waals surface area contributed by atoms with Crippen molar-refractivity contribution in [1.82, 2.24) is 5.06 Å². The number of hydrogen-bond acceptors (Lipinski definition) is 5. The van der Waals surface area contributed by atoms with Crippen LogP contribution in [0.4, 0.5) is 0 Å². The lowest BCUT2D eigenvalue weighted by Gasteiger charge is -2.19. The Bertz CT molecular complexity index is 635. The first-order valence-corrected chi connectivity index (χ1v) is 7.47. The fourth-order valence-electron chi connectivity index (χ4n) is 3.56. The molecule has 2 fully saturated rings. The molecule has 3 aliphatic rings. The normalized spacial score (nSPS) is 29.1. The van der Waals surface area contributed by atoms with Crippen molar-refractivity contribution in [3.8, 4) is 0 Å². The minimum atomic E-state index is -0.585. The van der Waals surface area contributed by atoms with Crippen LogP contribution in [0.3, 0.4) is 0 Å². The van der Waals surface area contributed by atoms with E-state index in [9.17, 15) is 14.4 Å². The summed E-state index contributed by atoms with van der Waals surface area (Å²) in [6.07, 6.45) is 3.41. The zero-order chi connectivity index (χ0) is 15.3. The summed E-state index contributed by atoms with van der Waals surface area (Å²) < 4.78 is 5.69. The third kappa shape index (κ3) is 2.02. The molecule has 1 aromatic carbocycles. The average molecular weight is 301 g/mol. The van der Waals surface area contributed by atoms with Gasteiger partial charge in [-0.2, -0.15) is 0 Å². The molecule has 2 amide bonds. The first kappa shape index (κ1) is 13.5. The summed E-state index contributed by atoms with van der Waals surface area (Å²) in [6.45, 7) is 0. The van der Waals surface area contributed by atoms with Gasteiger partial charge in [-0.3, -0.25) is 9.59 Å². The molecule has 0 radical (unpaired) electrons. The minimum absolute atomic E-state index is 0.111. The van der Waals surface area contributed by atoms with Gasteiger partial charge in [0.1, 0.15) is 0 Å². The number of amides is 2. The van der Waals surface area contributed by atoms with E-state index >= 15 is 0 Å². The zero-order valence-electron chi connectivity index (χ0n) is 11.9. The Labute approximate surface area is 126 Å². The molecule has 2 saturated heterocycles. The number of benzene rings is 1. The summed E-state index contributed by atoms with van der Waals surface area (Å²) in [7, 11) is 0. The van der Waals surface area contributed by atoms with Crippen molar-refractivity contribution in [1.29, 1.82) is 0 Å². The molecule has 6 nitrogen and oxygen atoms in total. The molecule has 3 aliphatic heterocycles. The van der Waals surface area contributed by atoms with Crippen LogP contribution < -0.4 is 0 Å². The van der Waals surface area contributed by atoms with Crippen molar-refractivity contribution in [3.05, 3.63) is 35.4 Å². The zero-order valence-corrected chi connectivity index (χ0v) is 11.9. The van der Waals surface area contributed by atoms with Crippen LogP contribution in [-0.2, 0) is 14.4 Å². The van der Waals surface area contributed by atoms with Crippen LogP contribution in [-0.4, -0.2) is 35.1 Å². The van der Waals surface area contributed by atoms with E-state index < -0.39 is 17.8 Å². The molecule has 0 aliphatic carbocycles. The Hall–Kier alpha value is -2.21. The number of hydroxylamine groups is 2. The van der Waals surface area contributed by atoms with Crippen LogP contribution in [0.1, 0.15) is 46.4 Å².